The van der Waals surface area contributed by atoms with Crippen molar-refractivity contribution in [3.8, 4) is 0 Å². The zero-order valence-corrected chi connectivity index (χ0v) is 9.63. The molecule has 0 amide bonds. The number of hydrogen-bond donors (Lipinski definition) is 1. The second-order valence-corrected chi connectivity index (χ2v) is 4.22. The summed E-state index contributed by atoms with van der Waals surface area (Å²) in [7, 11) is 0. The van der Waals surface area contributed by atoms with Crippen LogP contribution in [-0.4, -0.2) is 16.1 Å². The van der Waals surface area contributed by atoms with Gasteiger partial charge in [0.2, 0.25) is 5.95 Å². The number of hydrogen-bond acceptors (Lipinski definition) is 3. The van der Waals surface area contributed by atoms with Gasteiger partial charge in [-0.05, 0) is 28.8 Å². The Balaban J connectivity index is 2.04. The van der Waals surface area contributed by atoms with Crippen LogP contribution in [0.3, 0.4) is 0 Å². The predicted molar refractivity (Wildman–Crippen MR) is 64.4 cm³/mol. The molecule has 80 valence electrons. The van der Waals surface area contributed by atoms with Gasteiger partial charge >= 0.3 is 0 Å². The van der Waals surface area contributed by atoms with Crippen molar-refractivity contribution < 1.29 is 0 Å². The van der Waals surface area contributed by atoms with E-state index in [9.17, 15) is 0 Å². The molecular formula is C11H15N3S. The van der Waals surface area contributed by atoms with Gasteiger partial charge in [0.05, 0.1) is 6.54 Å². The summed E-state index contributed by atoms with van der Waals surface area (Å²) in [6.45, 7) is 4.02. The highest BCUT2D eigenvalue weighted by Crippen LogP contribution is 2.11. The first-order valence-corrected chi connectivity index (χ1v) is 6.10. The summed E-state index contributed by atoms with van der Waals surface area (Å²) in [5, 5.41) is 7.58. The summed E-state index contributed by atoms with van der Waals surface area (Å²) in [6.07, 6.45) is 4.96. The summed E-state index contributed by atoms with van der Waals surface area (Å²) in [5.74, 6) is 0.961. The Kier molecular flexibility index (Phi) is 3.40. The first-order chi connectivity index (χ1) is 7.40. The lowest BCUT2D eigenvalue weighted by atomic mass is 10.3. The minimum Gasteiger partial charge on any atom is -0.356 e. The highest BCUT2D eigenvalue weighted by atomic mass is 32.1. The maximum Gasteiger partial charge on any atom is 0.203 e. The number of thiophene rings is 1. The molecular weight excluding hydrogens is 206 g/mol. The lowest BCUT2D eigenvalue weighted by molar-refractivity contribution is 0.795. The SMILES string of the molecule is CCCNc1nccn1Cc1ccsc1. The average Bonchev–Trinajstić information content (AvgIpc) is 2.87. The minimum absolute atomic E-state index is 0.898. The highest BCUT2D eigenvalue weighted by Gasteiger charge is 2.02. The molecule has 2 aromatic rings. The van der Waals surface area contributed by atoms with Crippen LogP contribution in [0.1, 0.15) is 18.9 Å². The molecule has 0 saturated carbocycles. The van der Waals surface area contributed by atoms with Gasteiger partial charge in [0.1, 0.15) is 0 Å². The Morgan fingerprint density at radius 2 is 2.47 bits per heavy atom. The van der Waals surface area contributed by atoms with Gasteiger partial charge in [-0.25, -0.2) is 4.98 Å². The molecule has 0 aliphatic heterocycles. The van der Waals surface area contributed by atoms with Crippen molar-refractivity contribution in [3.63, 3.8) is 0 Å². The van der Waals surface area contributed by atoms with Crippen molar-refractivity contribution in [1.82, 2.24) is 9.55 Å². The van der Waals surface area contributed by atoms with Gasteiger partial charge in [-0.1, -0.05) is 6.92 Å². The third kappa shape index (κ3) is 2.59. The monoisotopic (exact) mass is 221 g/mol. The zero-order valence-electron chi connectivity index (χ0n) is 8.81. The number of nitrogens with one attached hydrogen (secondary N) is 1. The number of nitrogens with zero attached hydrogens (tertiary/aromatic N) is 2. The fraction of sp³-hybridized carbons (Fsp3) is 0.364. The second kappa shape index (κ2) is 4.98. The standard InChI is InChI=1S/C11H15N3S/c1-2-4-12-11-13-5-6-14(11)8-10-3-7-15-9-10/h3,5-7,9H,2,4,8H2,1H3,(H,12,13). The molecule has 2 heterocycles. The highest BCUT2D eigenvalue weighted by molar-refractivity contribution is 7.07. The molecule has 0 bridgehead atoms. The Labute approximate surface area is 93.8 Å². The van der Waals surface area contributed by atoms with Crippen LogP contribution in [0.2, 0.25) is 0 Å². The van der Waals surface area contributed by atoms with Gasteiger partial charge in [-0.3, -0.25) is 0 Å². The van der Waals surface area contributed by atoms with Crippen molar-refractivity contribution in [2.45, 2.75) is 19.9 Å². The molecule has 0 aliphatic carbocycles. The van der Waals surface area contributed by atoms with Crippen molar-refractivity contribution in [2.24, 2.45) is 0 Å². The van der Waals surface area contributed by atoms with Crippen molar-refractivity contribution in [3.05, 3.63) is 34.8 Å². The molecule has 0 atom stereocenters. The predicted octanol–water partition coefficient (Wildman–Crippen LogP) is 2.81. The van der Waals surface area contributed by atoms with Crippen LogP contribution >= 0.6 is 11.3 Å². The Morgan fingerprint density at radius 3 is 3.20 bits per heavy atom. The average molecular weight is 221 g/mol. The first kappa shape index (κ1) is 10.2. The molecule has 0 unspecified atom stereocenters. The molecule has 3 nitrogen and oxygen atoms in total. The molecule has 4 heteroatoms. The molecule has 15 heavy (non-hydrogen) atoms. The molecule has 0 aliphatic rings. The van der Waals surface area contributed by atoms with E-state index in [4.69, 9.17) is 0 Å². The maximum absolute atomic E-state index is 4.29. The number of rotatable bonds is 5. The summed E-state index contributed by atoms with van der Waals surface area (Å²) < 4.78 is 2.14. The van der Waals surface area contributed by atoms with E-state index in [0.29, 0.717) is 0 Å². The molecule has 0 fully saturated rings. The number of anilines is 1. The third-order valence-corrected chi connectivity index (χ3v) is 2.91. The first-order valence-electron chi connectivity index (χ1n) is 5.16. The lowest BCUT2D eigenvalue weighted by Gasteiger charge is -2.07. The van der Waals surface area contributed by atoms with Gasteiger partial charge < -0.3 is 9.88 Å². The minimum atomic E-state index is 0.898. The van der Waals surface area contributed by atoms with Gasteiger partial charge in [0.15, 0.2) is 0 Å². The summed E-state index contributed by atoms with van der Waals surface area (Å²) >= 11 is 1.73. The van der Waals surface area contributed by atoms with E-state index in [1.54, 1.807) is 11.3 Å². The molecule has 0 aromatic carbocycles. The largest absolute Gasteiger partial charge is 0.356 e. The molecule has 1 N–H and O–H groups in total. The van der Waals surface area contributed by atoms with Gasteiger partial charge in [0.25, 0.3) is 0 Å². The Morgan fingerprint density at radius 1 is 1.53 bits per heavy atom. The van der Waals surface area contributed by atoms with E-state index in [0.717, 1.165) is 25.5 Å². The lowest BCUT2D eigenvalue weighted by Crippen LogP contribution is -2.08. The topological polar surface area (TPSA) is 29.9 Å². The summed E-state index contributed by atoms with van der Waals surface area (Å²) in [4.78, 5) is 4.29. The molecule has 0 saturated heterocycles. The summed E-state index contributed by atoms with van der Waals surface area (Å²) in [5.41, 5.74) is 1.33. The summed E-state index contributed by atoms with van der Waals surface area (Å²) in [6, 6.07) is 2.15. The van der Waals surface area contributed by atoms with Crippen LogP contribution in [0.4, 0.5) is 5.95 Å². The molecule has 2 aromatic heterocycles. The second-order valence-electron chi connectivity index (χ2n) is 3.44. The third-order valence-electron chi connectivity index (χ3n) is 2.18. The van der Waals surface area contributed by atoms with Gasteiger partial charge in [0, 0.05) is 18.9 Å². The van der Waals surface area contributed by atoms with Crippen LogP contribution in [0, 0.1) is 0 Å². The Bertz CT molecular complexity index is 392. The van der Waals surface area contributed by atoms with E-state index < -0.39 is 0 Å². The number of imidazole rings is 1. The fourth-order valence-corrected chi connectivity index (χ4v) is 2.08. The van der Waals surface area contributed by atoms with Crippen molar-refractivity contribution in [1.29, 1.82) is 0 Å². The van der Waals surface area contributed by atoms with E-state index >= 15 is 0 Å². The van der Waals surface area contributed by atoms with Gasteiger partial charge in [-0.15, -0.1) is 0 Å². The van der Waals surface area contributed by atoms with Crippen LogP contribution in [0.25, 0.3) is 0 Å². The van der Waals surface area contributed by atoms with Crippen molar-refractivity contribution >= 4 is 17.3 Å². The molecule has 0 radical (unpaired) electrons. The van der Waals surface area contributed by atoms with Crippen molar-refractivity contribution in [2.75, 3.05) is 11.9 Å². The maximum atomic E-state index is 4.29. The molecule has 0 spiro atoms. The van der Waals surface area contributed by atoms with E-state index in [2.05, 4.69) is 38.6 Å². The molecule has 2 rings (SSSR count). The van der Waals surface area contributed by atoms with Crippen LogP contribution in [0.15, 0.2) is 29.2 Å². The Hall–Kier alpha value is -1.29. The van der Waals surface area contributed by atoms with Crippen LogP contribution in [-0.2, 0) is 6.54 Å². The van der Waals surface area contributed by atoms with Gasteiger partial charge in [-0.2, -0.15) is 11.3 Å². The normalized spacial score (nSPS) is 10.5. The van der Waals surface area contributed by atoms with Crippen LogP contribution in [0.5, 0.6) is 0 Å². The fourth-order valence-electron chi connectivity index (χ4n) is 1.42. The van der Waals surface area contributed by atoms with E-state index in [-0.39, 0.29) is 0 Å². The zero-order chi connectivity index (χ0) is 10.5. The number of aromatic nitrogens is 2. The van der Waals surface area contributed by atoms with Crippen LogP contribution < -0.4 is 5.32 Å². The quantitative estimate of drug-likeness (QED) is 0.841. The van der Waals surface area contributed by atoms with E-state index in [1.165, 1.54) is 5.56 Å². The smallest absolute Gasteiger partial charge is 0.203 e. The van der Waals surface area contributed by atoms with E-state index in [1.807, 2.05) is 12.4 Å².